The Kier molecular flexibility index (Phi) is 3.93. The van der Waals surface area contributed by atoms with Crippen LogP contribution < -0.4 is 5.32 Å². The molecule has 2 heterocycles. The molecule has 1 aliphatic rings. The Balaban J connectivity index is 1.91. The van der Waals surface area contributed by atoms with Crippen LogP contribution in [0.15, 0.2) is 10.6 Å². The van der Waals surface area contributed by atoms with Crippen molar-refractivity contribution in [3.05, 3.63) is 17.5 Å². The van der Waals surface area contributed by atoms with Crippen molar-refractivity contribution in [1.82, 2.24) is 15.4 Å². The van der Waals surface area contributed by atoms with Crippen molar-refractivity contribution < 1.29 is 9.26 Å². The smallest absolute Gasteiger partial charge is 0.162 e. The Hall–Kier alpha value is -0.910. The molecule has 1 N–H and O–H groups in total. The Morgan fingerprint density at radius 2 is 2.56 bits per heavy atom. The second-order valence-corrected chi connectivity index (χ2v) is 4.24. The SMILES string of the molecule is COCc1cc(CN2CCNCC2C)no1. The van der Waals surface area contributed by atoms with Crippen LogP contribution in [0.5, 0.6) is 0 Å². The Morgan fingerprint density at radius 3 is 3.31 bits per heavy atom. The van der Waals surface area contributed by atoms with Gasteiger partial charge in [-0.15, -0.1) is 0 Å². The lowest BCUT2D eigenvalue weighted by atomic mass is 10.2. The Labute approximate surface area is 95.7 Å². The molecule has 2 rings (SSSR count). The van der Waals surface area contributed by atoms with Crippen LogP contribution in [0.1, 0.15) is 18.4 Å². The zero-order valence-corrected chi connectivity index (χ0v) is 9.90. The van der Waals surface area contributed by atoms with Crippen molar-refractivity contribution in [2.45, 2.75) is 26.1 Å². The molecule has 1 saturated heterocycles. The van der Waals surface area contributed by atoms with E-state index in [1.54, 1.807) is 7.11 Å². The van der Waals surface area contributed by atoms with Crippen molar-refractivity contribution in [2.24, 2.45) is 0 Å². The average Bonchev–Trinajstić information content (AvgIpc) is 2.70. The number of methoxy groups -OCH3 is 1. The largest absolute Gasteiger partial charge is 0.377 e. The highest BCUT2D eigenvalue weighted by atomic mass is 16.5. The predicted octanol–water partition coefficient (Wildman–Crippen LogP) is 0.615. The number of ether oxygens (including phenoxy) is 1. The quantitative estimate of drug-likeness (QED) is 0.814. The highest BCUT2D eigenvalue weighted by Crippen LogP contribution is 2.11. The van der Waals surface area contributed by atoms with Gasteiger partial charge < -0.3 is 14.6 Å². The molecule has 1 aromatic heterocycles. The highest BCUT2D eigenvalue weighted by molar-refractivity contribution is 5.05. The van der Waals surface area contributed by atoms with Gasteiger partial charge in [0.05, 0.1) is 5.69 Å². The van der Waals surface area contributed by atoms with E-state index in [2.05, 4.69) is 22.3 Å². The molecule has 0 radical (unpaired) electrons. The molecule has 1 fully saturated rings. The van der Waals surface area contributed by atoms with E-state index in [1.807, 2.05) is 6.07 Å². The van der Waals surface area contributed by atoms with Crippen LogP contribution in [-0.2, 0) is 17.9 Å². The number of nitrogens with zero attached hydrogens (tertiary/aromatic N) is 2. The molecule has 1 aliphatic heterocycles. The number of aromatic nitrogens is 1. The third-order valence-corrected chi connectivity index (χ3v) is 2.90. The normalized spacial score (nSPS) is 22.5. The second-order valence-electron chi connectivity index (χ2n) is 4.24. The summed E-state index contributed by atoms with van der Waals surface area (Å²) in [5.41, 5.74) is 0.987. The van der Waals surface area contributed by atoms with E-state index < -0.39 is 0 Å². The molecular formula is C11H19N3O2. The first-order valence-corrected chi connectivity index (χ1v) is 5.68. The van der Waals surface area contributed by atoms with Crippen LogP contribution >= 0.6 is 0 Å². The van der Waals surface area contributed by atoms with E-state index in [1.165, 1.54) is 0 Å². The fourth-order valence-electron chi connectivity index (χ4n) is 1.97. The average molecular weight is 225 g/mol. The van der Waals surface area contributed by atoms with Crippen molar-refractivity contribution in [3.8, 4) is 0 Å². The molecule has 0 aliphatic carbocycles. The van der Waals surface area contributed by atoms with Crippen molar-refractivity contribution in [3.63, 3.8) is 0 Å². The third-order valence-electron chi connectivity index (χ3n) is 2.90. The van der Waals surface area contributed by atoms with Crippen molar-refractivity contribution in [2.75, 3.05) is 26.7 Å². The zero-order valence-electron chi connectivity index (χ0n) is 9.90. The van der Waals surface area contributed by atoms with E-state index in [0.717, 1.165) is 37.6 Å². The number of rotatable bonds is 4. The summed E-state index contributed by atoms with van der Waals surface area (Å²) in [6.45, 7) is 6.73. The van der Waals surface area contributed by atoms with Crippen molar-refractivity contribution in [1.29, 1.82) is 0 Å². The van der Waals surface area contributed by atoms with Gasteiger partial charge >= 0.3 is 0 Å². The van der Waals surface area contributed by atoms with Crippen molar-refractivity contribution >= 4 is 0 Å². The van der Waals surface area contributed by atoms with Crippen LogP contribution in [0.4, 0.5) is 0 Å². The molecule has 0 amide bonds. The maximum atomic E-state index is 5.16. The van der Waals surface area contributed by atoms with Gasteiger partial charge in [0, 0.05) is 45.4 Å². The minimum absolute atomic E-state index is 0.490. The van der Waals surface area contributed by atoms with E-state index >= 15 is 0 Å². The van der Waals surface area contributed by atoms with Crippen LogP contribution in [0, 0.1) is 0 Å². The summed E-state index contributed by atoms with van der Waals surface area (Å²) in [6, 6.07) is 2.52. The van der Waals surface area contributed by atoms with Gasteiger partial charge in [-0.3, -0.25) is 4.90 Å². The first-order valence-electron chi connectivity index (χ1n) is 5.68. The monoisotopic (exact) mass is 225 g/mol. The first kappa shape index (κ1) is 11.6. The Morgan fingerprint density at radius 1 is 1.69 bits per heavy atom. The van der Waals surface area contributed by atoms with Gasteiger partial charge in [0.15, 0.2) is 5.76 Å². The summed E-state index contributed by atoms with van der Waals surface area (Å²) < 4.78 is 10.2. The topological polar surface area (TPSA) is 50.5 Å². The number of piperazine rings is 1. The maximum Gasteiger partial charge on any atom is 0.162 e. The molecule has 0 saturated carbocycles. The zero-order chi connectivity index (χ0) is 11.4. The molecule has 0 spiro atoms. The van der Waals surface area contributed by atoms with Gasteiger partial charge in [-0.1, -0.05) is 5.16 Å². The molecule has 5 heteroatoms. The molecule has 5 nitrogen and oxygen atoms in total. The highest BCUT2D eigenvalue weighted by Gasteiger charge is 2.19. The minimum atomic E-state index is 0.490. The van der Waals surface area contributed by atoms with E-state index in [0.29, 0.717) is 12.6 Å². The Bertz CT molecular complexity index is 327. The first-order chi connectivity index (χ1) is 7.79. The predicted molar refractivity (Wildman–Crippen MR) is 60.0 cm³/mol. The fourth-order valence-corrected chi connectivity index (χ4v) is 1.97. The van der Waals surface area contributed by atoms with Crippen LogP contribution in [0.2, 0.25) is 0 Å². The van der Waals surface area contributed by atoms with Crippen LogP contribution in [-0.4, -0.2) is 42.8 Å². The number of hydrogen-bond donors (Lipinski definition) is 1. The van der Waals surface area contributed by atoms with Crippen LogP contribution in [0.3, 0.4) is 0 Å². The summed E-state index contributed by atoms with van der Waals surface area (Å²) in [6.07, 6.45) is 0. The molecule has 1 atom stereocenters. The summed E-state index contributed by atoms with van der Waals surface area (Å²) in [5.74, 6) is 0.792. The molecule has 90 valence electrons. The van der Waals surface area contributed by atoms with E-state index in [9.17, 15) is 0 Å². The minimum Gasteiger partial charge on any atom is -0.377 e. The maximum absolute atomic E-state index is 5.16. The lowest BCUT2D eigenvalue weighted by Crippen LogP contribution is -2.49. The molecule has 1 unspecified atom stereocenters. The number of nitrogens with one attached hydrogen (secondary N) is 1. The van der Waals surface area contributed by atoms with E-state index in [4.69, 9.17) is 9.26 Å². The lowest BCUT2D eigenvalue weighted by Gasteiger charge is -2.33. The molecule has 0 aromatic carbocycles. The summed E-state index contributed by atoms with van der Waals surface area (Å²) in [5, 5.41) is 7.42. The molecular weight excluding hydrogens is 206 g/mol. The van der Waals surface area contributed by atoms with Gasteiger partial charge in [-0.25, -0.2) is 0 Å². The van der Waals surface area contributed by atoms with Gasteiger partial charge in [-0.05, 0) is 6.92 Å². The molecule has 1 aromatic rings. The third kappa shape index (κ3) is 2.81. The summed E-state index contributed by atoms with van der Waals surface area (Å²) in [7, 11) is 1.65. The van der Waals surface area contributed by atoms with Gasteiger partial charge in [0.1, 0.15) is 6.61 Å². The lowest BCUT2D eigenvalue weighted by molar-refractivity contribution is 0.152. The number of hydrogen-bond acceptors (Lipinski definition) is 5. The van der Waals surface area contributed by atoms with Gasteiger partial charge in [0.2, 0.25) is 0 Å². The molecule has 0 bridgehead atoms. The van der Waals surface area contributed by atoms with Gasteiger partial charge in [0.25, 0.3) is 0 Å². The summed E-state index contributed by atoms with van der Waals surface area (Å²) in [4.78, 5) is 2.41. The second kappa shape index (κ2) is 5.43. The van der Waals surface area contributed by atoms with E-state index in [-0.39, 0.29) is 0 Å². The molecule has 16 heavy (non-hydrogen) atoms. The van der Waals surface area contributed by atoms with Crippen LogP contribution in [0.25, 0.3) is 0 Å². The fraction of sp³-hybridized carbons (Fsp3) is 0.727. The standard InChI is InChI=1S/C11H19N3O2/c1-9-6-12-3-4-14(9)7-10-5-11(8-15-2)16-13-10/h5,9,12H,3-4,6-8H2,1-2H3. The van der Waals surface area contributed by atoms with Gasteiger partial charge in [-0.2, -0.15) is 0 Å². The summed E-state index contributed by atoms with van der Waals surface area (Å²) >= 11 is 0.